The number of amides is 1. The van der Waals surface area contributed by atoms with Crippen molar-refractivity contribution >= 4 is 23.8 Å². The first-order valence-corrected chi connectivity index (χ1v) is 7.19. The molecule has 0 radical (unpaired) electrons. The molecule has 0 unspecified atom stereocenters. The molecule has 0 saturated carbocycles. The van der Waals surface area contributed by atoms with Gasteiger partial charge in [0.1, 0.15) is 0 Å². The summed E-state index contributed by atoms with van der Waals surface area (Å²) in [6, 6.07) is 9.59. The van der Waals surface area contributed by atoms with Gasteiger partial charge in [-0.15, -0.1) is 11.8 Å². The minimum Gasteiger partial charge on any atom is -0.295 e. The fourth-order valence-electron chi connectivity index (χ4n) is 1.63. The number of rotatable bonds is 3. The van der Waals surface area contributed by atoms with E-state index < -0.39 is 12.1 Å². The van der Waals surface area contributed by atoms with Gasteiger partial charge in [0.2, 0.25) is 0 Å². The van der Waals surface area contributed by atoms with Crippen molar-refractivity contribution in [2.45, 2.75) is 12.8 Å². The summed E-state index contributed by atoms with van der Waals surface area (Å²) in [4.78, 5) is 33.3. The molecule has 2 rings (SSSR count). The Morgan fingerprint density at radius 2 is 2.00 bits per heavy atom. The average Bonchev–Trinajstić information content (AvgIpc) is 2.98. The molecule has 102 valence electrons. The summed E-state index contributed by atoms with van der Waals surface area (Å²) in [5.41, 5.74) is 1.04. The lowest BCUT2D eigenvalue weighted by Gasteiger charge is -2.12. The first-order chi connectivity index (χ1) is 9.25. The Labute approximate surface area is 115 Å². The van der Waals surface area contributed by atoms with Crippen LogP contribution in [0.1, 0.15) is 12.0 Å². The van der Waals surface area contributed by atoms with Gasteiger partial charge in [0, 0.05) is 12.3 Å². The molecule has 0 N–H and O–H groups in total. The van der Waals surface area contributed by atoms with Crippen LogP contribution in [0.2, 0.25) is 0 Å². The Balaban J connectivity index is 1.65. The number of carbonyl (C=O) groups is 2. The molecular weight excluding hydrogens is 266 g/mol. The summed E-state index contributed by atoms with van der Waals surface area (Å²) >= 11 is 1.64. The van der Waals surface area contributed by atoms with Crippen LogP contribution in [0, 0.1) is 0 Å². The second-order valence-electron chi connectivity index (χ2n) is 4.09. The van der Waals surface area contributed by atoms with E-state index in [9.17, 15) is 9.59 Å². The molecule has 1 aliphatic rings. The molecule has 0 bridgehead atoms. The van der Waals surface area contributed by atoms with Gasteiger partial charge in [0.05, 0.1) is 12.3 Å². The van der Waals surface area contributed by atoms with Crippen LogP contribution in [0.4, 0.5) is 4.79 Å². The highest BCUT2D eigenvalue weighted by molar-refractivity contribution is 7.99. The minimum absolute atomic E-state index is 0.187. The van der Waals surface area contributed by atoms with Crippen LogP contribution in [0.3, 0.4) is 0 Å². The molecule has 1 saturated heterocycles. The summed E-state index contributed by atoms with van der Waals surface area (Å²) in [6.45, 7) is 0.630. The largest absolute Gasteiger partial charge is 0.453 e. The number of nitrogens with zero attached hydrogens (tertiary/aromatic N) is 1. The van der Waals surface area contributed by atoms with Gasteiger partial charge >= 0.3 is 12.1 Å². The molecule has 0 aromatic heterocycles. The lowest BCUT2D eigenvalue weighted by molar-refractivity contribution is -0.236. The second kappa shape index (κ2) is 7.04. The van der Waals surface area contributed by atoms with Crippen LogP contribution in [0.15, 0.2) is 30.3 Å². The van der Waals surface area contributed by atoms with Gasteiger partial charge in [-0.2, -0.15) is 0 Å². The zero-order valence-electron chi connectivity index (χ0n) is 10.4. The molecule has 0 aliphatic carbocycles. The second-order valence-corrected chi connectivity index (χ2v) is 5.17. The zero-order chi connectivity index (χ0) is 13.5. The van der Waals surface area contributed by atoms with E-state index in [1.54, 1.807) is 11.8 Å². The van der Waals surface area contributed by atoms with Crippen molar-refractivity contribution in [3.8, 4) is 0 Å². The lowest BCUT2D eigenvalue weighted by Crippen LogP contribution is -2.29. The Bertz CT molecular complexity index is 432. The summed E-state index contributed by atoms with van der Waals surface area (Å²) in [5.74, 6) is 0.932. The van der Waals surface area contributed by atoms with E-state index in [0.717, 1.165) is 11.3 Å². The third-order valence-electron chi connectivity index (χ3n) is 2.68. The Kier molecular flexibility index (Phi) is 5.09. The molecule has 19 heavy (non-hydrogen) atoms. The highest BCUT2D eigenvalue weighted by atomic mass is 32.2. The quantitative estimate of drug-likeness (QED) is 0.628. The molecule has 0 atom stereocenters. The van der Waals surface area contributed by atoms with E-state index in [1.165, 1.54) is 4.90 Å². The van der Waals surface area contributed by atoms with Gasteiger partial charge in [0.25, 0.3) is 0 Å². The van der Waals surface area contributed by atoms with Gasteiger partial charge in [0.15, 0.2) is 0 Å². The fourth-order valence-corrected chi connectivity index (χ4v) is 2.56. The number of aryl methyl sites for hydroxylation is 1. The molecule has 1 aliphatic heterocycles. The minimum atomic E-state index is -0.599. The van der Waals surface area contributed by atoms with E-state index in [-0.39, 0.29) is 6.42 Å². The molecular formula is C13H15NO4S. The van der Waals surface area contributed by atoms with Gasteiger partial charge < -0.3 is 0 Å². The van der Waals surface area contributed by atoms with E-state index in [4.69, 9.17) is 0 Å². The van der Waals surface area contributed by atoms with Gasteiger partial charge in [-0.1, -0.05) is 30.3 Å². The van der Waals surface area contributed by atoms with Gasteiger partial charge in [-0.25, -0.2) is 19.4 Å². The maximum absolute atomic E-state index is 11.4. The SMILES string of the molecule is O=C(CCc1ccccc1)OOC(=O)N1CCSC1. The van der Waals surface area contributed by atoms with Crippen LogP contribution in [0.5, 0.6) is 0 Å². The maximum Gasteiger partial charge on any atom is 0.453 e. The van der Waals surface area contributed by atoms with E-state index in [1.807, 2.05) is 30.3 Å². The fraction of sp³-hybridized carbons (Fsp3) is 0.385. The lowest BCUT2D eigenvalue weighted by atomic mass is 10.1. The first kappa shape index (κ1) is 13.7. The average molecular weight is 281 g/mol. The smallest absolute Gasteiger partial charge is 0.295 e. The van der Waals surface area contributed by atoms with Crippen molar-refractivity contribution in [2.24, 2.45) is 0 Å². The van der Waals surface area contributed by atoms with Crippen molar-refractivity contribution < 1.29 is 19.4 Å². The van der Waals surface area contributed by atoms with Crippen molar-refractivity contribution in [3.63, 3.8) is 0 Å². The molecule has 1 aromatic carbocycles. The molecule has 5 nitrogen and oxygen atoms in total. The van der Waals surface area contributed by atoms with Crippen LogP contribution in [-0.2, 0) is 21.0 Å². The summed E-state index contributed by atoms with van der Waals surface area (Å²) in [7, 11) is 0. The summed E-state index contributed by atoms with van der Waals surface area (Å²) < 4.78 is 0. The molecule has 1 amide bonds. The Morgan fingerprint density at radius 1 is 1.21 bits per heavy atom. The number of hydrogen-bond acceptors (Lipinski definition) is 5. The predicted octanol–water partition coefficient (Wildman–Crippen LogP) is 2.22. The van der Waals surface area contributed by atoms with E-state index >= 15 is 0 Å². The Morgan fingerprint density at radius 3 is 2.68 bits per heavy atom. The number of benzene rings is 1. The number of carbonyl (C=O) groups excluding carboxylic acids is 2. The number of thioether (sulfide) groups is 1. The van der Waals surface area contributed by atoms with Crippen LogP contribution >= 0.6 is 11.8 Å². The van der Waals surface area contributed by atoms with Gasteiger partial charge in [-0.3, -0.25) is 4.90 Å². The Hall–Kier alpha value is -1.69. The van der Waals surface area contributed by atoms with Crippen LogP contribution < -0.4 is 0 Å². The monoisotopic (exact) mass is 281 g/mol. The molecule has 0 spiro atoms. The van der Waals surface area contributed by atoms with E-state index in [0.29, 0.717) is 18.8 Å². The maximum atomic E-state index is 11.4. The van der Waals surface area contributed by atoms with Gasteiger partial charge in [-0.05, 0) is 12.0 Å². The first-order valence-electron chi connectivity index (χ1n) is 6.03. The number of hydrogen-bond donors (Lipinski definition) is 0. The van der Waals surface area contributed by atoms with Crippen molar-refractivity contribution in [3.05, 3.63) is 35.9 Å². The van der Waals surface area contributed by atoms with Crippen molar-refractivity contribution in [1.29, 1.82) is 0 Å². The standard InChI is InChI=1S/C13H15NO4S/c15-12(7-6-11-4-2-1-3-5-11)17-18-13(16)14-8-9-19-10-14/h1-5H,6-10H2. The summed E-state index contributed by atoms with van der Waals surface area (Å²) in [6.07, 6.45) is 0.154. The normalized spacial score (nSPS) is 14.2. The topological polar surface area (TPSA) is 55.8 Å². The van der Waals surface area contributed by atoms with Crippen LogP contribution in [0.25, 0.3) is 0 Å². The van der Waals surface area contributed by atoms with Crippen molar-refractivity contribution in [2.75, 3.05) is 18.2 Å². The molecule has 1 fully saturated rings. The van der Waals surface area contributed by atoms with Crippen LogP contribution in [-0.4, -0.2) is 35.1 Å². The third-order valence-corrected chi connectivity index (χ3v) is 3.64. The third kappa shape index (κ3) is 4.48. The van der Waals surface area contributed by atoms with Crippen molar-refractivity contribution in [1.82, 2.24) is 4.90 Å². The molecule has 1 heterocycles. The van der Waals surface area contributed by atoms with E-state index in [2.05, 4.69) is 9.78 Å². The highest BCUT2D eigenvalue weighted by Gasteiger charge is 2.21. The molecule has 1 aromatic rings. The summed E-state index contributed by atoms with van der Waals surface area (Å²) in [5, 5.41) is 0. The zero-order valence-corrected chi connectivity index (χ0v) is 11.2. The molecule has 6 heteroatoms. The highest BCUT2D eigenvalue weighted by Crippen LogP contribution is 2.14. The predicted molar refractivity (Wildman–Crippen MR) is 71.4 cm³/mol.